The number of halogens is 1. The first-order chi connectivity index (χ1) is 12.4. The fraction of sp³-hybridized carbons (Fsp3) is 0.611. The number of hydrogen-bond acceptors (Lipinski definition) is 4. The van der Waals surface area contributed by atoms with E-state index in [9.17, 15) is 8.42 Å². The van der Waals surface area contributed by atoms with E-state index in [0.29, 0.717) is 38.7 Å². The van der Waals surface area contributed by atoms with Crippen molar-refractivity contribution < 1.29 is 13.2 Å². The van der Waals surface area contributed by atoms with Gasteiger partial charge in [-0.25, -0.2) is 12.7 Å². The van der Waals surface area contributed by atoms with Crippen LogP contribution in [0.2, 0.25) is 0 Å². The van der Waals surface area contributed by atoms with Gasteiger partial charge in [0.15, 0.2) is 5.96 Å². The van der Waals surface area contributed by atoms with Crippen LogP contribution in [0.3, 0.4) is 0 Å². The van der Waals surface area contributed by atoms with Gasteiger partial charge < -0.3 is 15.0 Å². The molecule has 0 aliphatic carbocycles. The van der Waals surface area contributed by atoms with Gasteiger partial charge in [0.05, 0.1) is 12.4 Å². The highest BCUT2D eigenvalue weighted by Crippen LogP contribution is 2.13. The van der Waals surface area contributed by atoms with Crippen LogP contribution >= 0.6 is 24.0 Å². The molecule has 0 amide bonds. The molecule has 7 nitrogen and oxygen atoms in total. The SMILES string of the molecule is CCOc1ccc(CN(C)C(=NC)NCCS(=O)(=O)N(CC)CC)cc1.I. The summed E-state index contributed by atoms with van der Waals surface area (Å²) in [5.41, 5.74) is 1.12. The highest BCUT2D eigenvalue weighted by atomic mass is 127. The zero-order valence-corrected chi connectivity index (χ0v) is 20.1. The summed E-state index contributed by atoms with van der Waals surface area (Å²) in [4.78, 5) is 6.19. The Morgan fingerprint density at radius 1 is 1.15 bits per heavy atom. The van der Waals surface area contributed by atoms with Crippen molar-refractivity contribution in [3.63, 3.8) is 0 Å². The molecular formula is C18H33IN4O3S. The summed E-state index contributed by atoms with van der Waals surface area (Å²) < 4.78 is 31.4. The highest BCUT2D eigenvalue weighted by molar-refractivity contribution is 14.0. The van der Waals surface area contributed by atoms with E-state index in [0.717, 1.165) is 11.3 Å². The quantitative estimate of drug-likeness (QED) is 0.296. The number of aliphatic imine (C=N–C) groups is 1. The van der Waals surface area contributed by atoms with E-state index < -0.39 is 10.0 Å². The molecular weight excluding hydrogens is 479 g/mol. The van der Waals surface area contributed by atoms with Crippen molar-refractivity contribution in [2.24, 2.45) is 4.99 Å². The topological polar surface area (TPSA) is 74.2 Å². The second kappa shape index (κ2) is 13.2. The summed E-state index contributed by atoms with van der Waals surface area (Å²) in [7, 11) is 0.374. The van der Waals surface area contributed by atoms with Crippen LogP contribution in [0.4, 0.5) is 0 Å². The maximum Gasteiger partial charge on any atom is 0.215 e. The third kappa shape index (κ3) is 8.65. The van der Waals surface area contributed by atoms with Crippen LogP contribution in [0.25, 0.3) is 0 Å². The first-order valence-electron chi connectivity index (χ1n) is 8.99. The molecule has 0 bridgehead atoms. The number of nitrogens with zero attached hydrogens (tertiary/aromatic N) is 3. The molecule has 0 atom stereocenters. The minimum absolute atomic E-state index is 0. The van der Waals surface area contributed by atoms with Crippen LogP contribution in [0.5, 0.6) is 5.75 Å². The molecule has 1 rings (SSSR count). The third-order valence-electron chi connectivity index (χ3n) is 3.97. The average molecular weight is 512 g/mol. The number of benzene rings is 1. The van der Waals surface area contributed by atoms with Crippen LogP contribution in [0, 0.1) is 0 Å². The van der Waals surface area contributed by atoms with Crippen molar-refractivity contribution in [1.29, 1.82) is 0 Å². The molecule has 0 spiro atoms. The third-order valence-corrected chi connectivity index (χ3v) is 5.99. The minimum atomic E-state index is -3.24. The van der Waals surface area contributed by atoms with E-state index in [4.69, 9.17) is 4.74 Å². The maximum atomic E-state index is 12.2. The summed E-state index contributed by atoms with van der Waals surface area (Å²) in [6, 6.07) is 7.91. The summed E-state index contributed by atoms with van der Waals surface area (Å²) in [5, 5.41) is 3.13. The fourth-order valence-electron chi connectivity index (χ4n) is 2.63. The lowest BCUT2D eigenvalue weighted by atomic mass is 10.2. The van der Waals surface area contributed by atoms with Crippen molar-refractivity contribution in [2.45, 2.75) is 27.3 Å². The number of rotatable bonds is 10. The Kier molecular flexibility index (Phi) is 12.6. The second-order valence-electron chi connectivity index (χ2n) is 5.81. The van der Waals surface area contributed by atoms with Gasteiger partial charge in [0.25, 0.3) is 0 Å². The lowest BCUT2D eigenvalue weighted by Crippen LogP contribution is -2.42. The minimum Gasteiger partial charge on any atom is -0.494 e. The Morgan fingerprint density at radius 3 is 2.22 bits per heavy atom. The number of hydrogen-bond donors (Lipinski definition) is 1. The van der Waals surface area contributed by atoms with Gasteiger partial charge in [-0.05, 0) is 24.6 Å². The molecule has 27 heavy (non-hydrogen) atoms. The molecule has 0 fully saturated rings. The zero-order valence-electron chi connectivity index (χ0n) is 16.9. The van der Waals surface area contributed by atoms with Crippen molar-refractivity contribution in [1.82, 2.24) is 14.5 Å². The van der Waals surface area contributed by atoms with Crippen LogP contribution in [0.1, 0.15) is 26.3 Å². The van der Waals surface area contributed by atoms with Gasteiger partial charge in [0.1, 0.15) is 5.75 Å². The van der Waals surface area contributed by atoms with Crippen LogP contribution in [-0.4, -0.2) is 69.7 Å². The molecule has 156 valence electrons. The molecule has 1 N–H and O–H groups in total. The smallest absolute Gasteiger partial charge is 0.215 e. The van der Waals surface area contributed by atoms with Crippen molar-refractivity contribution in [2.75, 3.05) is 46.1 Å². The molecule has 0 radical (unpaired) electrons. The number of nitrogens with one attached hydrogen (secondary N) is 1. The lowest BCUT2D eigenvalue weighted by molar-refractivity contribution is 0.340. The molecule has 0 saturated carbocycles. The average Bonchev–Trinajstić information content (AvgIpc) is 2.61. The Labute approximate surface area is 181 Å². The summed E-state index contributed by atoms with van der Waals surface area (Å²) in [6.45, 7) is 8.25. The molecule has 0 aliphatic heterocycles. The monoisotopic (exact) mass is 512 g/mol. The molecule has 0 aromatic heterocycles. The van der Waals surface area contributed by atoms with E-state index in [1.165, 1.54) is 4.31 Å². The maximum absolute atomic E-state index is 12.2. The van der Waals surface area contributed by atoms with Crippen LogP contribution < -0.4 is 10.1 Å². The highest BCUT2D eigenvalue weighted by Gasteiger charge is 2.18. The number of ether oxygens (including phenoxy) is 1. The van der Waals surface area contributed by atoms with Gasteiger partial charge in [-0.2, -0.15) is 0 Å². The van der Waals surface area contributed by atoms with E-state index in [1.807, 2.05) is 57.0 Å². The van der Waals surface area contributed by atoms with Crippen molar-refractivity contribution in [3.8, 4) is 5.75 Å². The van der Waals surface area contributed by atoms with E-state index in [2.05, 4.69) is 10.3 Å². The fourth-order valence-corrected chi connectivity index (χ4v) is 4.03. The lowest BCUT2D eigenvalue weighted by Gasteiger charge is -2.23. The van der Waals surface area contributed by atoms with E-state index in [1.54, 1.807) is 7.05 Å². The van der Waals surface area contributed by atoms with Gasteiger partial charge in [-0.3, -0.25) is 4.99 Å². The van der Waals surface area contributed by atoms with Gasteiger partial charge in [-0.1, -0.05) is 26.0 Å². The molecule has 0 unspecified atom stereocenters. The standard InChI is InChI=1S/C18H32N4O3S.HI/c1-6-22(7-2)26(23,24)14-13-20-18(19-4)21(5)15-16-9-11-17(12-10-16)25-8-3;/h9-12H,6-8,13-15H2,1-5H3,(H,19,20);1H. The van der Waals surface area contributed by atoms with Crippen LogP contribution in [-0.2, 0) is 16.6 Å². The van der Waals surface area contributed by atoms with Gasteiger partial charge in [-0.15, -0.1) is 24.0 Å². The molecule has 0 saturated heterocycles. The van der Waals surface area contributed by atoms with Crippen molar-refractivity contribution >= 4 is 40.0 Å². The van der Waals surface area contributed by atoms with E-state index >= 15 is 0 Å². The molecule has 1 aromatic carbocycles. The van der Waals surface area contributed by atoms with Gasteiger partial charge >= 0.3 is 0 Å². The Morgan fingerprint density at radius 2 is 1.74 bits per heavy atom. The normalized spacial score (nSPS) is 11.9. The summed E-state index contributed by atoms with van der Waals surface area (Å²) in [6.07, 6.45) is 0. The second-order valence-corrected chi connectivity index (χ2v) is 7.90. The molecule has 0 heterocycles. The predicted octanol–water partition coefficient (Wildman–Crippen LogP) is 2.38. The zero-order chi connectivity index (χ0) is 19.6. The largest absolute Gasteiger partial charge is 0.494 e. The van der Waals surface area contributed by atoms with Gasteiger partial charge in [0, 0.05) is 40.3 Å². The van der Waals surface area contributed by atoms with Gasteiger partial charge in [0.2, 0.25) is 10.0 Å². The van der Waals surface area contributed by atoms with Crippen molar-refractivity contribution in [3.05, 3.63) is 29.8 Å². The Hall–Kier alpha value is -1.07. The number of guanidine groups is 1. The molecule has 1 aromatic rings. The number of sulfonamides is 1. The summed E-state index contributed by atoms with van der Waals surface area (Å²) in [5.74, 6) is 1.56. The van der Waals surface area contributed by atoms with E-state index in [-0.39, 0.29) is 29.7 Å². The first kappa shape index (κ1) is 25.9. The Balaban J connectivity index is 0.00000676. The Bertz CT molecular complexity index is 662. The van der Waals surface area contributed by atoms with Crippen LogP contribution in [0.15, 0.2) is 29.3 Å². The summed E-state index contributed by atoms with van der Waals surface area (Å²) >= 11 is 0. The molecule has 0 aliphatic rings. The molecule has 9 heteroatoms. The predicted molar refractivity (Wildman–Crippen MR) is 123 cm³/mol. The first-order valence-corrected chi connectivity index (χ1v) is 10.6.